The number of para-hydroxylation sites is 1. The minimum absolute atomic E-state index is 0.700. The third-order valence-corrected chi connectivity index (χ3v) is 4.15. The first-order valence-corrected chi connectivity index (χ1v) is 6.98. The van der Waals surface area contributed by atoms with Crippen molar-refractivity contribution in [3.63, 3.8) is 0 Å². The fourth-order valence-electron chi connectivity index (χ4n) is 1.79. The van der Waals surface area contributed by atoms with E-state index in [-0.39, 0.29) is 0 Å². The van der Waals surface area contributed by atoms with Crippen LogP contribution in [0.4, 0.5) is 10.8 Å². The predicted octanol–water partition coefficient (Wildman–Crippen LogP) is 4.79. The zero-order valence-electron chi connectivity index (χ0n) is 10.2. The van der Waals surface area contributed by atoms with Crippen LogP contribution in [0.2, 0.25) is 5.02 Å². The molecule has 0 bridgehead atoms. The standard InChI is InChI=1S/C14H11ClN3S/c1-18-12-4-2-3-5-13(12)19-14(18)17-16-11-8-6-10(15)7-9-11/h2-9H,1H3/q+1. The molecule has 0 aliphatic carbocycles. The maximum absolute atomic E-state index is 5.83. The zero-order chi connectivity index (χ0) is 13.2. The fraction of sp³-hybridized carbons (Fsp3) is 0.0714. The Bertz CT molecular complexity index is 747. The quantitative estimate of drug-likeness (QED) is 0.479. The minimum atomic E-state index is 0.700. The molecule has 0 amide bonds. The van der Waals surface area contributed by atoms with Gasteiger partial charge < -0.3 is 0 Å². The molecule has 3 rings (SSSR count). The van der Waals surface area contributed by atoms with E-state index in [1.165, 1.54) is 4.70 Å². The van der Waals surface area contributed by atoms with Crippen molar-refractivity contribution in [2.75, 3.05) is 0 Å². The van der Waals surface area contributed by atoms with Crippen LogP contribution in [0.5, 0.6) is 0 Å². The maximum Gasteiger partial charge on any atom is 0.409 e. The van der Waals surface area contributed by atoms with Crippen LogP contribution in [0.25, 0.3) is 10.2 Å². The topological polar surface area (TPSA) is 28.6 Å². The van der Waals surface area contributed by atoms with Crippen molar-refractivity contribution in [2.45, 2.75) is 0 Å². The van der Waals surface area contributed by atoms with E-state index in [4.69, 9.17) is 11.6 Å². The molecule has 0 saturated heterocycles. The lowest BCUT2D eigenvalue weighted by Crippen LogP contribution is -2.25. The number of azo groups is 1. The molecule has 0 atom stereocenters. The van der Waals surface area contributed by atoms with Gasteiger partial charge in [-0.25, -0.2) is 4.57 Å². The molecular weight excluding hydrogens is 278 g/mol. The highest BCUT2D eigenvalue weighted by Gasteiger charge is 2.14. The first-order valence-electron chi connectivity index (χ1n) is 5.79. The van der Waals surface area contributed by atoms with Crippen LogP contribution in [0.3, 0.4) is 0 Å². The molecule has 0 fully saturated rings. The normalized spacial score (nSPS) is 11.5. The summed E-state index contributed by atoms with van der Waals surface area (Å²) in [5, 5.41) is 10.1. The molecule has 0 aliphatic rings. The highest BCUT2D eigenvalue weighted by atomic mass is 35.5. The molecule has 0 spiro atoms. The van der Waals surface area contributed by atoms with Crippen LogP contribution in [-0.2, 0) is 7.05 Å². The first kappa shape index (κ1) is 12.3. The van der Waals surface area contributed by atoms with Crippen LogP contribution in [0.15, 0.2) is 58.8 Å². The molecule has 3 nitrogen and oxygen atoms in total. The Morgan fingerprint density at radius 3 is 2.47 bits per heavy atom. The van der Waals surface area contributed by atoms with E-state index in [9.17, 15) is 0 Å². The Balaban J connectivity index is 1.97. The lowest BCUT2D eigenvalue weighted by atomic mass is 10.3. The predicted molar refractivity (Wildman–Crippen MR) is 78.6 cm³/mol. The van der Waals surface area contributed by atoms with Crippen molar-refractivity contribution in [3.8, 4) is 0 Å². The van der Waals surface area contributed by atoms with Crippen LogP contribution in [0, 0.1) is 0 Å². The van der Waals surface area contributed by atoms with Crippen LogP contribution < -0.4 is 4.57 Å². The molecular formula is C14H11ClN3S+. The number of rotatable bonds is 2. The molecule has 0 radical (unpaired) electrons. The molecule has 0 saturated carbocycles. The molecule has 0 unspecified atom stereocenters. The Morgan fingerprint density at radius 1 is 1.00 bits per heavy atom. The van der Waals surface area contributed by atoms with Crippen molar-refractivity contribution >= 4 is 44.0 Å². The smallest absolute Gasteiger partial charge is 0.214 e. The van der Waals surface area contributed by atoms with Crippen LogP contribution >= 0.6 is 22.9 Å². The number of nitrogens with zero attached hydrogens (tertiary/aromatic N) is 3. The third-order valence-electron chi connectivity index (χ3n) is 2.79. The average Bonchev–Trinajstić information content (AvgIpc) is 2.76. The summed E-state index contributed by atoms with van der Waals surface area (Å²) < 4.78 is 3.24. The Morgan fingerprint density at radius 2 is 1.74 bits per heavy atom. The monoisotopic (exact) mass is 288 g/mol. The van der Waals surface area contributed by atoms with E-state index < -0.39 is 0 Å². The van der Waals surface area contributed by atoms with E-state index >= 15 is 0 Å². The lowest BCUT2D eigenvalue weighted by molar-refractivity contribution is -0.627. The maximum atomic E-state index is 5.83. The molecule has 2 aromatic carbocycles. The van der Waals surface area contributed by atoms with Gasteiger partial charge in [-0.1, -0.05) is 23.7 Å². The SMILES string of the molecule is C[n+]1c(N=Nc2ccc(Cl)cc2)sc2ccccc21. The lowest BCUT2D eigenvalue weighted by Gasteiger charge is -1.88. The number of benzene rings is 2. The van der Waals surface area contributed by atoms with Gasteiger partial charge in [-0.3, -0.25) is 0 Å². The van der Waals surface area contributed by atoms with Crippen molar-refractivity contribution < 1.29 is 4.57 Å². The summed E-state index contributed by atoms with van der Waals surface area (Å²) in [6, 6.07) is 15.5. The summed E-state index contributed by atoms with van der Waals surface area (Å²) >= 11 is 7.46. The van der Waals surface area contributed by atoms with Gasteiger partial charge in [0, 0.05) is 5.02 Å². The van der Waals surface area contributed by atoms with Gasteiger partial charge in [0.15, 0.2) is 0 Å². The van der Waals surface area contributed by atoms with E-state index in [2.05, 4.69) is 22.4 Å². The molecule has 0 aliphatic heterocycles. The fourth-order valence-corrected chi connectivity index (χ4v) is 2.88. The number of halogens is 1. The summed E-state index contributed by atoms with van der Waals surface area (Å²) in [6.07, 6.45) is 0. The van der Waals surface area contributed by atoms with Gasteiger partial charge in [0.2, 0.25) is 0 Å². The van der Waals surface area contributed by atoms with Gasteiger partial charge in [0.05, 0.1) is 16.9 Å². The molecule has 19 heavy (non-hydrogen) atoms. The third kappa shape index (κ3) is 2.50. The second-order valence-electron chi connectivity index (χ2n) is 4.09. The van der Waals surface area contributed by atoms with Gasteiger partial charge in [0.1, 0.15) is 11.2 Å². The van der Waals surface area contributed by atoms with Gasteiger partial charge >= 0.3 is 5.13 Å². The van der Waals surface area contributed by atoms with Gasteiger partial charge in [-0.15, -0.1) is 0 Å². The molecule has 3 aromatic rings. The van der Waals surface area contributed by atoms with Crippen LogP contribution in [0.1, 0.15) is 0 Å². The molecule has 94 valence electrons. The minimum Gasteiger partial charge on any atom is -0.214 e. The van der Waals surface area contributed by atoms with Crippen molar-refractivity contribution in [3.05, 3.63) is 53.6 Å². The number of thiazole rings is 1. The molecule has 1 aromatic heterocycles. The summed E-state index contributed by atoms with van der Waals surface area (Å²) in [7, 11) is 2.00. The largest absolute Gasteiger partial charge is 0.409 e. The average molecular weight is 289 g/mol. The van der Waals surface area contributed by atoms with Crippen molar-refractivity contribution in [1.82, 2.24) is 0 Å². The summed E-state index contributed by atoms with van der Waals surface area (Å²) in [4.78, 5) is 0. The first-order chi connectivity index (χ1) is 9.24. The Hall–Kier alpha value is -1.78. The number of fused-ring (bicyclic) bond motifs is 1. The van der Waals surface area contributed by atoms with E-state index in [0.717, 1.165) is 16.3 Å². The van der Waals surface area contributed by atoms with Gasteiger partial charge in [0.25, 0.3) is 0 Å². The van der Waals surface area contributed by atoms with Gasteiger partial charge in [-0.2, -0.15) is 0 Å². The molecule has 1 heterocycles. The van der Waals surface area contributed by atoms with Gasteiger partial charge in [-0.05, 0) is 52.8 Å². The van der Waals surface area contributed by atoms with Crippen molar-refractivity contribution in [1.29, 1.82) is 0 Å². The number of hydrogen-bond donors (Lipinski definition) is 0. The van der Waals surface area contributed by atoms with E-state index in [1.54, 1.807) is 23.5 Å². The number of aromatic nitrogens is 1. The Kier molecular flexibility index (Phi) is 3.27. The summed E-state index contributed by atoms with van der Waals surface area (Å²) in [5.74, 6) is 0. The highest BCUT2D eigenvalue weighted by Crippen LogP contribution is 2.27. The second-order valence-corrected chi connectivity index (χ2v) is 5.53. The van der Waals surface area contributed by atoms with E-state index in [0.29, 0.717) is 5.02 Å². The number of hydrogen-bond acceptors (Lipinski definition) is 3. The van der Waals surface area contributed by atoms with Crippen LogP contribution in [-0.4, -0.2) is 0 Å². The molecule has 5 heteroatoms. The zero-order valence-corrected chi connectivity index (χ0v) is 11.8. The second kappa shape index (κ2) is 5.07. The van der Waals surface area contributed by atoms with E-state index in [1.807, 2.05) is 35.9 Å². The highest BCUT2D eigenvalue weighted by molar-refractivity contribution is 7.21. The Labute approximate surface area is 119 Å². The summed E-state index contributed by atoms with van der Waals surface area (Å²) in [6.45, 7) is 0. The number of aryl methyl sites for hydroxylation is 1. The van der Waals surface area contributed by atoms with Crippen molar-refractivity contribution in [2.24, 2.45) is 17.3 Å². The molecule has 0 N–H and O–H groups in total. The summed E-state index contributed by atoms with van der Waals surface area (Å²) in [5.41, 5.74) is 1.96.